The highest BCUT2D eigenvalue weighted by Gasteiger charge is 2.71. The summed E-state index contributed by atoms with van der Waals surface area (Å²) in [6, 6.07) is 10.5. The van der Waals surface area contributed by atoms with Crippen LogP contribution in [-0.4, -0.2) is 34.7 Å². The number of hydrogen-bond acceptors (Lipinski definition) is 4. The van der Waals surface area contributed by atoms with Gasteiger partial charge < -0.3 is 4.84 Å². The van der Waals surface area contributed by atoms with Gasteiger partial charge in [0.1, 0.15) is 0 Å². The summed E-state index contributed by atoms with van der Waals surface area (Å²) < 4.78 is 53.4. The van der Waals surface area contributed by atoms with E-state index in [9.17, 15) is 31.9 Å². The molecule has 2 amide bonds. The number of halogens is 4. The molecule has 1 saturated carbocycles. The van der Waals surface area contributed by atoms with E-state index in [1.807, 2.05) is 0 Å². The monoisotopic (exact) mass is 393 g/mol. The van der Waals surface area contributed by atoms with E-state index in [0.717, 1.165) is 6.07 Å². The minimum atomic E-state index is -4.22. The predicted octanol–water partition coefficient (Wildman–Crippen LogP) is 3.81. The first-order valence-corrected chi connectivity index (χ1v) is 8.19. The molecule has 0 spiro atoms. The number of rotatable bonds is 3. The Morgan fingerprint density at radius 1 is 0.964 bits per heavy atom. The average Bonchev–Trinajstić information content (AvgIpc) is 2.91. The number of hydrogen-bond donors (Lipinski definition) is 0. The molecule has 1 unspecified atom stereocenters. The molecule has 0 N–H and O–H groups in total. The van der Waals surface area contributed by atoms with Crippen molar-refractivity contribution in [2.45, 2.75) is 24.2 Å². The lowest BCUT2D eigenvalue weighted by molar-refractivity contribution is -0.290. The van der Waals surface area contributed by atoms with Crippen LogP contribution in [0.3, 0.4) is 0 Å². The zero-order valence-corrected chi connectivity index (χ0v) is 14.0. The summed E-state index contributed by atoms with van der Waals surface area (Å²) in [5.41, 5.74) is -0.288. The Kier molecular flexibility index (Phi) is 3.81. The lowest BCUT2D eigenvalue weighted by atomic mass is 9.72. The fraction of sp³-hybridized carbons (Fsp3) is 0.211. The van der Waals surface area contributed by atoms with Crippen molar-refractivity contribution >= 4 is 17.8 Å². The number of alkyl halides is 4. The van der Waals surface area contributed by atoms with E-state index < -0.39 is 42.0 Å². The van der Waals surface area contributed by atoms with Gasteiger partial charge in [-0.1, -0.05) is 29.3 Å². The van der Waals surface area contributed by atoms with Gasteiger partial charge in [-0.25, -0.2) is 4.79 Å². The molecule has 2 aromatic carbocycles. The quantitative estimate of drug-likeness (QED) is 0.588. The molecule has 1 aliphatic carbocycles. The van der Waals surface area contributed by atoms with Gasteiger partial charge in [-0.2, -0.15) is 17.6 Å². The van der Waals surface area contributed by atoms with Gasteiger partial charge in [0, 0.05) is 6.42 Å². The van der Waals surface area contributed by atoms with Gasteiger partial charge in [0.05, 0.1) is 22.6 Å². The molecule has 0 bridgehead atoms. The summed E-state index contributed by atoms with van der Waals surface area (Å²) in [5.74, 6) is -12.9. The van der Waals surface area contributed by atoms with E-state index in [1.54, 1.807) is 0 Å². The average molecular weight is 393 g/mol. The van der Waals surface area contributed by atoms with E-state index in [0.29, 0.717) is 0 Å². The molecule has 0 radical (unpaired) electrons. The lowest BCUT2D eigenvalue weighted by Crippen LogP contribution is -2.57. The SMILES string of the molecule is O=C(ON1C(=O)c2ccccc2C1=O)c1cccc(C2CC(F)(F)C2(F)F)c1. The van der Waals surface area contributed by atoms with Crippen LogP contribution < -0.4 is 0 Å². The van der Waals surface area contributed by atoms with Crippen molar-refractivity contribution in [1.82, 2.24) is 5.06 Å². The molecule has 5 nitrogen and oxygen atoms in total. The maximum Gasteiger partial charge on any atom is 0.363 e. The van der Waals surface area contributed by atoms with Crippen LogP contribution in [0.15, 0.2) is 48.5 Å². The Balaban J connectivity index is 1.54. The molecule has 2 aliphatic rings. The summed E-state index contributed by atoms with van der Waals surface area (Å²) in [4.78, 5) is 41.6. The predicted molar refractivity (Wildman–Crippen MR) is 86.1 cm³/mol. The summed E-state index contributed by atoms with van der Waals surface area (Å²) in [6.07, 6.45) is -1.04. The van der Waals surface area contributed by atoms with Crippen molar-refractivity contribution in [2.24, 2.45) is 0 Å². The number of carbonyl (C=O) groups excluding carboxylic acids is 3. The van der Waals surface area contributed by atoms with Crippen LogP contribution in [0, 0.1) is 0 Å². The maximum atomic E-state index is 13.6. The number of imide groups is 1. The van der Waals surface area contributed by atoms with Crippen molar-refractivity contribution < 1.29 is 36.8 Å². The van der Waals surface area contributed by atoms with Crippen LogP contribution in [0.2, 0.25) is 0 Å². The van der Waals surface area contributed by atoms with Crippen LogP contribution in [0.25, 0.3) is 0 Å². The van der Waals surface area contributed by atoms with Crippen molar-refractivity contribution in [3.05, 3.63) is 70.8 Å². The smallest absolute Gasteiger partial charge is 0.324 e. The van der Waals surface area contributed by atoms with E-state index in [4.69, 9.17) is 4.84 Å². The van der Waals surface area contributed by atoms with E-state index >= 15 is 0 Å². The summed E-state index contributed by atoms with van der Waals surface area (Å²) >= 11 is 0. The van der Waals surface area contributed by atoms with Crippen LogP contribution in [0.1, 0.15) is 49.0 Å². The van der Waals surface area contributed by atoms with Gasteiger partial charge in [0.2, 0.25) is 0 Å². The van der Waals surface area contributed by atoms with Gasteiger partial charge >= 0.3 is 17.8 Å². The molecule has 1 aliphatic heterocycles. The van der Waals surface area contributed by atoms with Gasteiger partial charge in [0.15, 0.2) is 0 Å². The molecule has 2 aromatic rings. The largest absolute Gasteiger partial charge is 0.363 e. The maximum absolute atomic E-state index is 13.6. The Labute approximate surface area is 155 Å². The summed E-state index contributed by atoms with van der Waals surface area (Å²) in [7, 11) is 0. The zero-order valence-electron chi connectivity index (χ0n) is 14.0. The van der Waals surface area contributed by atoms with E-state index in [1.165, 1.54) is 42.5 Å². The molecule has 9 heteroatoms. The number of nitrogens with zero attached hydrogens (tertiary/aromatic N) is 1. The third kappa shape index (κ3) is 2.49. The summed E-state index contributed by atoms with van der Waals surface area (Å²) in [6.45, 7) is 0. The Morgan fingerprint density at radius 2 is 1.57 bits per heavy atom. The number of hydroxylamine groups is 2. The minimum absolute atomic E-state index is 0.0605. The molecule has 144 valence electrons. The van der Waals surface area contributed by atoms with Gasteiger partial charge in [-0.3, -0.25) is 9.59 Å². The first-order chi connectivity index (χ1) is 13.1. The normalized spacial score (nSPS) is 21.9. The van der Waals surface area contributed by atoms with Crippen molar-refractivity contribution in [3.63, 3.8) is 0 Å². The number of carbonyl (C=O) groups is 3. The third-order valence-electron chi connectivity index (χ3n) is 4.84. The minimum Gasteiger partial charge on any atom is -0.324 e. The summed E-state index contributed by atoms with van der Waals surface area (Å²) in [5, 5.41) is 0.284. The Bertz CT molecular complexity index is 985. The second kappa shape index (κ2) is 5.88. The second-order valence-electron chi connectivity index (χ2n) is 6.54. The number of fused-ring (bicyclic) bond motifs is 1. The van der Waals surface area contributed by atoms with Crippen LogP contribution in [0.5, 0.6) is 0 Å². The van der Waals surface area contributed by atoms with Crippen LogP contribution in [0.4, 0.5) is 17.6 Å². The molecule has 0 aromatic heterocycles. The first kappa shape index (κ1) is 18.1. The standard InChI is InChI=1S/C19H11F4NO4/c20-18(21)9-14(19(18,22)23)10-4-3-5-11(8-10)17(27)28-24-15(25)12-6-1-2-7-13(12)16(24)26/h1-8,14H,9H2. The molecule has 1 atom stereocenters. The molecule has 4 rings (SSSR count). The molecule has 1 heterocycles. The highest BCUT2D eigenvalue weighted by molar-refractivity contribution is 6.21. The number of amides is 2. The first-order valence-electron chi connectivity index (χ1n) is 8.19. The molecular weight excluding hydrogens is 382 g/mol. The van der Waals surface area contributed by atoms with E-state index in [2.05, 4.69) is 0 Å². The fourth-order valence-electron chi connectivity index (χ4n) is 3.24. The highest BCUT2D eigenvalue weighted by Crippen LogP contribution is 2.59. The van der Waals surface area contributed by atoms with E-state index in [-0.39, 0.29) is 27.3 Å². The highest BCUT2D eigenvalue weighted by atomic mass is 19.3. The molecular formula is C19H11F4NO4. The van der Waals surface area contributed by atoms with Gasteiger partial charge in [0.25, 0.3) is 11.8 Å². The second-order valence-corrected chi connectivity index (χ2v) is 6.54. The van der Waals surface area contributed by atoms with Crippen LogP contribution in [-0.2, 0) is 4.84 Å². The Morgan fingerprint density at radius 3 is 2.11 bits per heavy atom. The topological polar surface area (TPSA) is 63.7 Å². The fourth-order valence-corrected chi connectivity index (χ4v) is 3.24. The van der Waals surface area contributed by atoms with Crippen molar-refractivity contribution in [1.29, 1.82) is 0 Å². The third-order valence-corrected chi connectivity index (χ3v) is 4.84. The zero-order chi connectivity index (χ0) is 20.3. The molecule has 0 saturated heterocycles. The molecule has 1 fully saturated rings. The van der Waals surface area contributed by atoms with Gasteiger partial charge in [-0.05, 0) is 29.8 Å². The lowest BCUT2D eigenvalue weighted by Gasteiger charge is -2.44. The van der Waals surface area contributed by atoms with Crippen molar-refractivity contribution in [2.75, 3.05) is 0 Å². The molecule has 28 heavy (non-hydrogen) atoms. The van der Waals surface area contributed by atoms with Crippen LogP contribution >= 0.6 is 0 Å². The van der Waals surface area contributed by atoms with Crippen molar-refractivity contribution in [3.8, 4) is 0 Å². The Hall–Kier alpha value is -3.23. The van der Waals surface area contributed by atoms with Gasteiger partial charge in [-0.15, -0.1) is 0 Å². The number of benzene rings is 2.